The summed E-state index contributed by atoms with van der Waals surface area (Å²) in [5.74, 6) is 1.15. The molecule has 4 rings (SSSR count). The van der Waals surface area contributed by atoms with Gasteiger partial charge in [-0.3, -0.25) is 9.69 Å². The van der Waals surface area contributed by atoms with E-state index in [1.807, 2.05) is 23.1 Å². The Morgan fingerprint density at radius 3 is 2.52 bits per heavy atom. The zero-order chi connectivity index (χ0) is 20.8. The number of fused-ring (bicyclic) bond motifs is 1. The van der Waals surface area contributed by atoms with Gasteiger partial charge in [-0.05, 0) is 49.4 Å². The molecule has 1 aromatic heterocycles. The van der Waals surface area contributed by atoms with Crippen LogP contribution in [0.15, 0.2) is 48.5 Å². The van der Waals surface area contributed by atoms with Crippen LogP contribution in [0.25, 0.3) is 11.0 Å². The largest absolute Gasteiger partial charge is 0.342 e. The van der Waals surface area contributed by atoms with Crippen molar-refractivity contribution in [3.05, 3.63) is 64.9 Å². The minimum absolute atomic E-state index is 0. The summed E-state index contributed by atoms with van der Waals surface area (Å²) in [6.07, 6.45) is 2.01. The van der Waals surface area contributed by atoms with Crippen LogP contribution in [0.5, 0.6) is 0 Å². The molecule has 1 aliphatic rings. The standard InChI is InChI=1S/C23H28ClN5O.ClH/c24-19-9-7-18(8-10-19)23(30)29-16-14-28(15-17-29)13-12-25-11-3-6-22-26-20-4-1-2-5-21(20)27-22;/h1-2,4-5,7-10,25H,3,6,11-17H2,(H,26,27);1H. The van der Waals surface area contributed by atoms with Gasteiger partial charge in [-0.25, -0.2) is 4.98 Å². The van der Waals surface area contributed by atoms with E-state index in [1.165, 1.54) is 0 Å². The first-order valence-electron chi connectivity index (χ1n) is 10.6. The number of carbonyl (C=O) groups is 1. The van der Waals surface area contributed by atoms with Gasteiger partial charge >= 0.3 is 0 Å². The summed E-state index contributed by atoms with van der Waals surface area (Å²) in [6.45, 7) is 6.33. The van der Waals surface area contributed by atoms with E-state index in [9.17, 15) is 4.79 Å². The molecule has 0 radical (unpaired) electrons. The first-order chi connectivity index (χ1) is 14.7. The molecule has 0 saturated carbocycles. The molecule has 166 valence electrons. The lowest BCUT2D eigenvalue weighted by atomic mass is 10.2. The highest BCUT2D eigenvalue weighted by Crippen LogP contribution is 2.13. The molecular weight excluding hydrogens is 433 g/mol. The normalized spacial score (nSPS) is 14.5. The SMILES string of the molecule is Cl.O=C(c1ccc(Cl)cc1)N1CCN(CCNCCCc2nc3ccccc3[nH]2)CC1. The lowest BCUT2D eigenvalue weighted by Gasteiger charge is -2.34. The molecule has 0 spiro atoms. The third-order valence-corrected chi connectivity index (χ3v) is 5.81. The summed E-state index contributed by atoms with van der Waals surface area (Å²) in [5.41, 5.74) is 2.85. The van der Waals surface area contributed by atoms with Crippen LogP contribution < -0.4 is 5.32 Å². The fourth-order valence-electron chi connectivity index (χ4n) is 3.82. The highest BCUT2D eigenvalue weighted by atomic mass is 35.5. The van der Waals surface area contributed by atoms with Crippen molar-refractivity contribution in [3.8, 4) is 0 Å². The van der Waals surface area contributed by atoms with Gasteiger partial charge in [0.15, 0.2) is 0 Å². The monoisotopic (exact) mass is 461 g/mol. The number of H-pyrrole nitrogens is 1. The predicted molar refractivity (Wildman–Crippen MR) is 128 cm³/mol. The van der Waals surface area contributed by atoms with Crippen LogP contribution in [0, 0.1) is 0 Å². The average molecular weight is 462 g/mol. The van der Waals surface area contributed by atoms with E-state index in [1.54, 1.807) is 24.3 Å². The molecule has 8 heteroatoms. The quantitative estimate of drug-likeness (QED) is 0.502. The first-order valence-corrected chi connectivity index (χ1v) is 11.0. The summed E-state index contributed by atoms with van der Waals surface area (Å²) in [5, 5.41) is 4.18. The van der Waals surface area contributed by atoms with Gasteiger partial charge in [-0.15, -0.1) is 12.4 Å². The number of hydrogen-bond acceptors (Lipinski definition) is 4. The minimum atomic E-state index is 0. The topological polar surface area (TPSA) is 64.3 Å². The Morgan fingerprint density at radius 2 is 1.77 bits per heavy atom. The fraction of sp³-hybridized carbons (Fsp3) is 0.391. The zero-order valence-corrected chi connectivity index (χ0v) is 19.1. The van der Waals surface area contributed by atoms with E-state index in [0.717, 1.165) is 75.5 Å². The van der Waals surface area contributed by atoms with Gasteiger partial charge in [0.25, 0.3) is 5.91 Å². The van der Waals surface area contributed by atoms with Crippen LogP contribution >= 0.6 is 24.0 Å². The van der Waals surface area contributed by atoms with Crippen molar-refractivity contribution in [2.24, 2.45) is 0 Å². The summed E-state index contributed by atoms with van der Waals surface area (Å²) < 4.78 is 0. The minimum Gasteiger partial charge on any atom is -0.342 e. The summed E-state index contributed by atoms with van der Waals surface area (Å²) in [7, 11) is 0. The van der Waals surface area contributed by atoms with E-state index in [2.05, 4.69) is 26.3 Å². The molecule has 0 atom stereocenters. The van der Waals surface area contributed by atoms with E-state index in [-0.39, 0.29) is 18.3 Å². The van der Waals surface area contributed by atoms with Gasteiger partial charge in [-0.1, -0.05) is 23.7 Å². The fourth-order valence-corrected chi connectivity index (χ4v) is 3.94. The van der Waals surface area contributed by atoms with Crippen molar-refractivity contribution in [2.75, 3.05) is 45.8 Å². The third-order valence-electron chi connectivity index (χ3n) is 5.56. The number of aromatic amines is 1. The Hall–Kier alpha value is -2.12. The molecule has 3 aromatic rings. The second-order valence-corrected chi connectivity index (χ2v) is 8.13. The number of nitrogens with one attached hydrogen (secondary N) is 2. The van der Waals surface area contributed by atoms with Crippen LogP contribution in [0.1, 0.15) is 22.6 Å². The van der Waals surface area contributed by atoms with Crippen LogP contribution in [0.2, 0.25) is 5.02 Å². The van der Waals surface area contributed by atoms with Crippen molar-refractivity contribution in [1.29, 1.82) is 0 Å². The Balaban J connectivity index is 0.00000272. The van der Waals surface area contributed by atoms with E-state index < -0.39 is 0 Å². The van der Waals surface area contributed by atoms with Gasteiger partial charge in [-0.2, -0.15) is 0 Å². The lowest BCUT2D eigenvalue weighted by Crippen LogP contribution is -2.50. The number of benzene rings is 2. The summed E-state index contributed by atoms with van der Waals surface area (Å²) in [6, 6.07) is 15.3. The number of halogens is 2. The Bertz CT molecular complexity index is 935. The van der Waals surface area contributed by atoms with Crippen LogP contribution in [-0.2, 0) is 6.42 Å². The number of nitrogens with zero attached hydrogens (tertiary/aromatic N) is 3. The molecule has 31 heavy (non-hydrogen) atoms. The lowest BCUT2D eigenvalue weighted by molar-refractivity contribution is 0.0638. The number of carbonyl (C=O) groups excluding carboxylic acids is 1. The van der Waals surface area contributed by atoms with Gasteiger partial charge in [0.05, 0.1) is 11.0 Å². The van der Waals surface area contributed by atoms with Gasteiger partial charge in [0.1, 0.15) is 5.82 Å². The highest BCUT2D eigenvalue weighted by Gasteiger charge is 2.21. The Kier molecular flexibility index (Phi) is 8.72. The van der Waals surface area contributed by atoms with Crippen LogP contribution in [0.3, 0.4) is 0 Å². The number of para-hydroxylation sites is 2. The number of amides is 1. The van der Waals surface area contributed by atoms with Crippen LogP contribution in [0.4, 0.5) is 0 Å². The summed E-state index contributed by atoms with van der Waals surface area (Å²) in [4.78, 5) is 24.9. The molecule has 2 heterocycles. The number of rotatable bonds is 8. The Labute approximate surface area is 194 Å². The molecule has 0 bridgehead atoms. The molecule has 1 saturated heterocycles. The van der Waals surface area contributed by atoms with E-state index in [0.29, 0.717) is 10.6 Å². The first kappa shape index (κ1) is 23.5. The molecule has 0 aliphatic carbocycles. The van der Waals surface area contributed by atoms with Crippen molar-refractivity contribution in [3.63, 3.8) is 0 Å². The number of aromatic nitrogens is 2. The Morgan fingerprint density at radius 1 is 1.03 bits per heavy atom. The molecule has 6 nitrogen and oxygen atoms in total. The number of imidazole rings is 1. The molecule has 2 N–H and O–H groups in total. The maximum Gasteiger partial charge on any atom is 0.253 e. The van der Waals surface area contributed by atoms with Crippen molar-refractivity contribution in [1.82, 2.24) is 25.1 Å². The third kappa shape index (κ3) is 6.43. The molecule has 2 aromatic carbocycles. The molecule has 0 unspecified atom stereocenters. The van der Waals surface area contributed by atoms with Crippen molar-refractivity contribution < 1.29 is 4.79 Å². The molecule has 1 fully saturated rings. The maximum atomic E-state index is 12.6. The number of piperazine rings is 1. The molecule has 1 aliphatic heterocycles. The smallest absolute Gasteiger partial charge is 0.253 e. The van der Waals surface area contributed by atoms with Gasteiger partial charge in [0.2, 0.25) is 0 Å². The summed E-state index contributed by atoms with van der Waals surface area (Å²) >= 11 is 5.91. The zero-order valence-electron chi connectivity index (χ0n) is 17.5. The second-order valence-electron chi connectivity index (χ2n) is 7.69. The average Bonchev–Trinajstić information content (AvgIpc) is 3.19. The predicted octanol–water partition coefficient (Wildman–Crippen LogP) is 3.62. The number of hydrogen-bond donors (Lipinski definition) is 2. The van der Waals surface area contributed by atoms with Crippen molar-refractivity contribution in [2.45, 2.75) is 12.8 Å². The maximum absolute atomic E-state index is 12.6. The highest BCUT2D eigenvalue weighted by molar-refractivity contribution is 6.30. The van der Waals surface area contributed by atoms with E-state index in [4.69, 9.17) is 11.6 Å². The van der Waals surface area contributed by atoms with Crippen molar-refractivity contribution >= 4 is 40.9 Å². The van der Waals surface area contributed by atoms with Gasteiger partial charge in [0, 0.05) is 56.3 Å². The number of aryl methyl sites for hydroxylation is 1. The van der Waals surface area contributed by atoms with E-state index >= 15 is 0 Å². The molecular formula is C23H29Cl2N5O. The molecule has 1 amide bonds. The van der Waals surface area contributed by atoms with Crippen LogP contribution in [-0.4, -0.2) is 71.5 Å². The second kappa shape index (κ2) is 11.5. The van der Waals surface area contributed by atoms with Gasteiger partial charge < -0.3 is 15.2 Å².